The van der Waals surface area contributed by atoms with E-state index in [9.17, 15) is 0 Å². The number of benzene rings is 1. The molecule has 0 aliphatic carbocycles. The molecule has 168 valence electrons. The Hall–Kier alpha value is -0.983. The summed E-state index contributed by atoms with van der Waals surface area (Å²) in [5, 5.41) is 0.142. The Balaban J connectivity index is 1.72. The average Bonchev–Trinajstić information content (AvgIpc) is 2.71. The third-order valence-electron chi connectivity index (χ3n) is 6.95. The van der Waals surface area contributed by atoms with Crippen LogP contribution in [0.1, 0.15) is 58.4 Å². The standard InChI is InChI=1S/C25H40O4Si/c1-7-21(29-30(5,6)24(2,3)4)22-15-16-23(25(28-22)17-11-12-18-27-25)26-19-20-13-9-8-10-14-20/h7-10,13-14,21-23H,1,11-12,15-19H2,2-6H3/t21-,22-,23+,25+/m1/s1. The van der Waals surface area contributed by atoms with E-state index in [1.54, 1.807) is 0 Å². The molecule has 1 aromatic carbocycles. The van der Waals surface area contributed by atoms with Gasteiger partial charge in [0.1, 0.15) is 6.10 Å². The summed E-state index contributed by atoms with van der Waals surface area (Å²) < 4.78 is 26.1. The number of hydrogen-bond donors (Lipinski definition) is 0. The molecule has 4 atom stereocenters. The van der Waals surface area contributed by atoms with Gasteiger partial charge >= 0.3 is 0 Å². The second kappa shape index (κ2) is 9.66. The van der Waals surface area contributed by atoms with Crippen LogP contribution in [0.5, 0.6) is 0 Å². The van der Waals surface area contributed by atoms with Crippen LogP contribution in [-0.2, 0) is 25.2 Å². The highest BCUT2D eigenvalue weighted by atomic mass is 28.4. The van der Waals surface area contributed by atoms with Crippen molar-refractivity contribution in [3.8, 4) is 0 Å². The van der Waals surface area contributed by atoms with Gasteiger partial charge in [-0.3, -0.25) is 0 Å². The third-order valence-corrected chi connectivity index (χ3v) is 11.4. The van der Waals surface area contributed by atoms with Crippen LogP contribution in [0.2, 0.25) is 18.1 Å². The maximum absolute atomic E-state index is 6.71. The molecule has 0 amide bonds. The van der Waals surface area contributed by atoms with Crippen LogP contribution in [0.3, 0.4) is 0 Å². The van der Waals surface area contributed by atoms with Crippen LogP contribution in [0.25, 0.3) is 0 Å². The van der Waals surface area contributed by atoms with E-state index in [1.165, 1.54) is 5.56 Å². The minimum atomic E-state index is -1.93. The lowest BCUT2D eigenvalue weighted by atomic mass is 9.90. The van der Waals surface area contributed by atoms with Gasteiger partial charge in [0, 0.05) is 6.42 Å². The van der Waals surface area contributed by atoms with E-state index in [-0.39, 0.29) is 23.4 Å². The van der Waals surface area contributed by atoms with Crippen molar-refractivity contribution in [1.82, 2.24) is 0 Å². The smallest absolute Gasteiger partial charge is 0.195 e. The summed E-state index contributed by atoms with van der Waals surface area (Å²) in [6.07, 6.45) is 6.52. The van der Waals surface area contributed by atoms with Gasteiger partial charge in [-0.05, 0) is 49.4 Å². The van der Waals surface area contributed by atoms with Crippen LogP contribution in [-0.4, -0.2) is 39.0 Å². The molecule has 5 heteroatoms. The highest BCUT2D eigenvalue weighted by molar-refractivity contribution is 6.74. The lowest BCUT2D eigenvalue weighted by Gasteiger charge is -2.50. The van der Waals surface area contributed by atoms with E-state index in [0.717, 1.165) is 38.7 Å². The van der Waals surface area contributed by atoms with Gasteiger partial charge in [0.2, 0.25) is 0 Å². The van der Waals surface area contributed by atoms with E-state index in [1.807, 2.05) is 24.3 Å². The SMILES string of the molecule is C=C[C@@H](O[Si](C)(C)C(C)(C)C)[C@H]1CC[C@H](OCc2ccccc2)[C@]2(CCCCO2)O1. The molecule has 0 bridgehead atoms. The number of rotatable bonds is 7. The van der Waals surface area contributed by atoms with Crippen molar-refractivity contribution < 1.29 is 18.6 Å². The largest absolute Gasteiger partial charge is 0.408 e. The van der Waals surface area contributed by atoms with Gasteiger partial charge in [-0.25, -0.2) is 0 Å². The fourth-order valence-electron chi connectivity index (χ4n) is 4.07. The highest BCUT2D eigenvalue weighted by Crippen LogP contribution is 2.43. The fraction of sp³-hybridized carbons (Fsp3) is 0.680. The maximum atomic E-state index is 6.71. The van der Waals surface area contributed by atoms with E-state index < -0.39 is 14.1 Å². The normalized spacial score (nSPS) is 29.0. The first-order valence-corrected chi connectivity index (χ1v) is 14.4. The van der Waals surface area contributed by atoms with Crippen molar-refractivity contribution in [3.63, 3.8) is 0 Å². The zero-order valence-electron chi connectivity index (χ0n) is 19.5. The quantitative estimate of drug-likeness (QED) is 0.378. The van der Waals surface area contributed by atoms with Gasteiger partial charge in [0.15, 0.2) is 14.1 Å². The zero-order chi connectivity index (χ0) is 21.8. The van der Waals surface area contributed by atoms with E-state index >= 15 is 0 Å². The van der Waals surface area contributed by atoms with Crippen LogP contribution < -0.4 is 0 Å². The second-order valence-electron chi connectivity index (χ2n) is 10.2. The fourth-order valence-corrected chi connectivity index (χ4v) is 5.35. The molecule has 2 fully saturated rings. The van der Waals surface area contributed by atoms with E-state index in [4.69, 9.17) is 18.6 Å². The Morgan fingerprint density at radius 2 is 1.93 bits per heavy atom. The molecule has 2 aliphatic heterocycles. The molecule has 1 aromatic rings. The molecule has 0 unspecified atom stereocenters. The number of ether oxygens (including phenoxy) is 3. The van der Waals surface area contributed by atoms with Gasteiger partial charge < -0.3 is 18.6 Å². The first-order valence-electron chi connectivity index (χ1n) is 11.4. The molecule has 2 saturated heterocycles. The van der Waals surface area contributed by atoms with Crippen molar-refractivity contribution >= 4 is 8.32 Å². The first kappa shape index (κ1) is 23.7. The van der Waals surface area contributed by atoms with Crippen molar-refractivity contribution in [2.45, 2.75) is 102 Å². The van der Waals surface area contributed by atoms with Crippen LogP contribution in [0, 0.1) is 0 Å². The van der Waals surface area contributed by atoms with Gasteiger partial charge in [0.25, 0.3) is 0 Å². The number of hydrogen-bond acceptors (Lipinski definition) is 4. The molecular formula is C25H40O4Si. The lowest BCUT2D eigenvalue weighted by Crippen LogP contribution is -2.58. The van der Waals surface area contributed by atoms with Crippen LogP contribution in [0.4, 0.5) is 0 Å². The average molecular weight is 433 g/mol. The Kier molecular flexibility index (Phi) is 7.62. The molecule has 2 heterocycles. The Labute approximate surface area is 184 Å². The summed E-state index contributed by atoms with van der Waals surface area (Å²) in [5.74, 6) is -0.673. The molecule has 30 heavy (non-hydrogen) atoms. The molecule has 0 radical (unpaired) electrons. The lowest BCUT2D eigenvalue weighted by molar-refractivity contribution is -0.348. The highest BCUT2D eigenvalue weighted by Gasteiger charge is 2.50. The summed E-state index contributed by atoms with van der Waals surface area (Å²) >= 11 is 0. The summed E-state index contributed by atoms with van der Waals surface area (Å²) in [6.45, 7) is 16.7. The second-order valence-corrected chi connectivity index (χ2v) is 15.0. The van der Waals surface area contributed by atoms with Crippen molar-refractivity contribution in [2.75, 3.05) is 6.61 Å². The van der Waals surface area contributed by atoms with Gasteiger partial charge in [0.05, 0.1) is 25.4 Å². The van der Waals surface area contributed by atoms with E-state index in [0.29, 0.717) is 6.61 Å². The molecule has 0 N–H and O–H groups in total. The van der Waals surface area contributed by atoms with Crippen LogP contribution in [0.15, 0.2) is 43.0 Å². The predicted octanol–water partition coefficient (Wildman–Crippen LogP) is 6.22. The van der Waals surface area contributed by atoms with E-state index in [2.05, 4.69) is 52.6 Å². The molecule has 4 nitrogen and oxygen atoms in total. The van der Waals surface area contributed by atoms with Gasteiger partial charge in [-0.15, -0.1) is 6.58 Å². The molecular weight excluding hydrogens is 392 g/mol. The molecule has 0 saturated carbocycles. The molecule has 2 aliphatic rings. The Morgan fingerprint density at radius 1 is 1.20 bits per heavy atom. The molecule has 3 rings (SSSR count). The van der Waals surface area contributed by atoms with Crippen molar-refractivity contribution in [2.24, 2.45) is 0 Å². The van der Waals surface area contributed by atoms with Gasteiger partial charge in [-0.2, -0.15) is 0 Å². The van der Waals surface area contributed by atoms with Gasteiger partial charge in [-0.1, -0.05) is 57.2 Å². The third kappa shape index (κ3) is 5.43. The predicted molar refractivity (Wildman–Crippen MR) is 124 cm³/mol. The van der Waals surface area contributed by atoms with Crippen LogP contribution >= 0.6 is 0 Å². The summed E-state index contributed by atoms with van der Waals surface area (Å²) in [4.78, 5) is 0. The topological polar surface area (TPSA) is 36.9 Å². The summed E-state index contributed by atoms with van der Waals surface area (Å²) in [7, 11) is -1.93. The van der Waals surface area contributed by atoms with Crippen molar-refractivity contribution in [1.29, 1.82) is 0 Å². The molecule has 0 aromatic heterocycles. The Morgan fingerprint density at radius 3 is 2.53 bits per heavy atom. The maximum Gasteiger partial charge on any atom is 0.195 e. The summed E-state index contributed by atoms with van der Waals surface area (Å²) in [6, 6.07) is 10.3. The Bertz CT molecular complexity index is 676. The minimum absolute atomic E-state index is 0.0497. The monoisotopic (exact) mass is 432 g/mol. The zero-order valence-corrected chi connectivity index (χ0v) is 20.5. The minimum Gasteiger partial charge on any atom is -0.408 e. The molecule has 1 spiro atoms. The summed E-state index contributed by atoms with van der Waals surface area (Å²) in [5.41, 5.74) is 1.18. The first-order chi connectivity index (χ1) is 14.2. The van der Waals surface area contributed by atoms with Crippen molar-refractivity contribution in [3.05, 3.63) is 48.6 Å².